The highest BCUT2D eigenvalue weighted by Gasteiger charge is 2.31. The van der Waals surface area contributed by atoms with Gasteiger partial charge in [-0.25, -0.2) is 0 Å². The molecule has 64 valence electrons. The molecule has 0 bridgehead atoms. The van der Waals surface area contributed by atoms with Gasteiger partial charge >= 0.3 is 0 Å². The van der Waals surface area contributed by atoms with Crippen LogP contribution < -0.4 is 5.32 Å². The SMILES string of the molecule is CC1CC1NCc1ccccc1. The van der Waals surface area contributed by atoms with Crippen molar-refractivity contribution in [1.29, 1.82) is 0 Å². The van der Waals surface area contributed by atoms with Crippen LogP contribution in [0.3, 0.4) is 0 Å². The van der Waals surface area contributed by atoms with Gasteiger partial charge in [0.1, 0.15) is 0 Å². The zero-order valence-corrected chi connectivity index (χ0v) is 7.46. The molecular weight excluding hydrogens is 146 g/mol. The Hall–Kier alpha value is -0.820. The zero-order chi connectivity index (χ0) is 8.39. The predicted octanol–water partition coefficient (Wildman–Crippen LogP) is 2.18. The highest BCUT2D eigenvalue weighted by Crippen LogP contribution is 2.29. The summed E-state index contributed by atoms with van der Waals surface area (Å²) in [6.07, 6.45) is 1.35. The number of nitrogens with one attached hydrogen (secondary N) is 1. The second-order valence-electron chi connectivity index (χ2n) is 3.69. The Labute approximate surface area is 73.8 Å². The fraction of sp³-hybridized carbons (Fsp3) is 0.455. The van der Waals surface area contributed by atoms with E-state index in [1.165, 1.54) is 12.0 Å². The summed E-state index contributed by atoms with van der Waals surface area (Å²) in [4.78, 5) is 0. The average molecular weight is 161 g/mol. The van der Waals surface area contributed by atoms with Gasteiger partial charge < -0.3 is 5.32 Å². The first kappa shape index (κ1) is 7.81. The normalized spacial score (nSPS) is 27.1. The van der Waals surface area contributed by atoms with E-state index in [-0.39, 0.29) is 0 Å². The van der Waals surface area contributed by atoms with Crippen LogP contribution in [0.4, 0.5) is 0 Å². The highest BCUT2D eigenvalue weighted by molar-refractivity contribution is 5.14. The summed E-state index contributed by atoms with van der Waals surface area (Å²) in [5, 5.41) is 3.52. The van der Waals surface area contributed by atoms with E-state index in [4.69, 9.17) is 0 Å². The van der Waals surface area contributed by atoms with Gasteiger partial charge in [0.25, 0.3) is 0 Å². The molecule has 0 amide bonds. The van der Waals surface area contributed by atoms with Crippen LogP contribution in [0.25, 0.3) is 0 Å². The lowest BCUT2D eigenvalue weighted by Gasteiger charge is -2.02. The third kappa shape index (κ3) is 1.86. The van der Waals surface area contributed by atoms with Crippen LogP contribution in [0.2, 0.25) is 0 Å². The van der Waals surface area contributed by atoms with Crippen LogP contribution >= 0.6 is 0 Å². The summed E-state index contributed by atoms with van der Waals surface area (Å²) in [6.45, 7) is 3.32. The van der Waals surface area contributed by atoms with Gasteiger partial charge in [-0.15, -0.1) is 0 Å². The number of benzene rings is 1. The standard InChI is InChI=1S/C11H15N/c1-9-7-11(9)12-8-10-5-3-2-4-6-10/h2-6,9,11-12H,7-8H2,1H3. The summed E-state index contributed by atoms with van der Waals surface area (Å²) >= 11 is 0. The molecule has 1 N–H and O–H groups in total. The maximum absolute atomic E-state index is 3.52. The first-order valence-corrected chi connectivity index (χ1v) is 4.63. The van der Waals surface area contributed by atoms with E-state index >= 15 is 0 Å². The van der Waals surface area contributed by atoms with E-state index in [0.717, 1.165) is 18.5 Å². The summed E-state index contributed by atoms with van der Waals surface area (Å²) in [5.41, 5.74) is 1.39. The largest absolute Gasteiger partial charge is 0.310 e. The van der Waals surface area contributed by atoms with E-state index in [0.29, 0.717) is 0 Å². The van der Waals surface area contributed by atoms with Gasteiger partial charge in [0.05, 0.1) is 0 Å². The lowest BCUT2D eigenvalue weighted by molar-refractivity contribution is 0.652. The molecule has 12 heavy (non-hydrogen) atoms. The molecule has 1 aliphatic rings. The van der Waals surface area contributed by atoms with Crippen molar-refractivity contribution in [3.63, 3.8) is 0 Å². The van der Waals surface area contributed by atoms with E-state index in [2.05, 4.69) is 42.6 Å². The van der Waals surface area contributed by atoms with Crippen LogP contribution in [0.15, 0.2) is 30.3 Å². The predicted molar refractivity (Wildman–Crippen MR) is 50.9 cm³/mol. The molecule has 1 nitrogen and oxygen atoms in total. The van der Waals surface area contributed by atoms with Crippen LogP contribution in [0.1, 0.15) is 18.9 Å². The maximum Gasteiger partial charge on any atom is 0.0208 e. The molecule has 0 heterocycles. The molecule has 1 aliphatic carbocycles. The zero-order valence-electron chi connectivity index (χ0n) is 7.46. The molecule has 1 heteroatoms. The molecule has 1 saturated carbocycles. The van der Waals surface area contributed by atoms with Crippen molar-refractivity contribution in [3.8, 4) is 0 Å². The molecule has 0 spiro atoms. The third-order valence-electron chi connectivity index (χ3n) is 2.52. The Morgan fingerprint density at radius 2 is 2.00 bits per heavy atom. The van der Waals surface area contributed by atoms with Crippen LogP contribution in [-0.2, 0) is 6.54 Å². The molecule has 2 rings (SSSR count). The molecule has 2 unspecified atom stereocenters. The average Bonchev–Trinajstić information content (AvgIpc) is 2.81. The second kappa shape index (κ2) is 3.28. The molecule has 1 fully saturated rings. The lowest BCUT2D eigenvalue weighted by atomic mass is 10.2. The second-order valence-corrected chi connectivity index (χ2v) is 3.69. The topological polar surface area (TPSA) is 12.0 Å². The van der Waals surface area contributed by atoms with Crippen molar-refractivity contribution < 1.29 is 0 Å². The summed E-state index contributed by atoms with van der Waals surface area (Å²) in [5.74, 6) is 0.897. The first-order valence-electron chi connectivity index (χ1n) is 4.63. The van der Waals surface area contributed by atoms with Crippen molar-refractivity contribution in [2.75, 3.05) is 0 Å². The summed E-state index contributed by atoms with van der Waals surface area (Å²) < 4.78 is 0. The van der Waals surface area contributed by atoms with Gasteiger partial charge in [0.2, 0.25) is 0 Å². The molecule has 0 aromatic heterocycles. The highest BCUT2D eigenvalue weighted by atomic mass is 15.0. The minimum atomic E-state index is 0.783. The van der Waals surface area contributed by atoms with Crippen molar-refractivity contribution >= 4 is 0 Å². The van der Waals surface area contributed by atoms with Gasteiger partial charge in [-0.1, -0.05) is 37.3 Å². The number of hydrogen-bond acceptors (Lipinski definition) is 1. The number of rotatable bonds is 3. The van der Waals surface area contributed by atoms with Crippen LogP contribution in [-0.4, -0.2) is 6.04 Å². The molecule has 0 aliphatic heterocycles. The van der Waals surface area contributed by atoms with E-state index in [1.807, 2.05) is 0 Å². The Bertz CT molecular complexity index is 242. The fourth-order valence-corrected chi connectivity index (χ4v) is 1.45. The number of hydrogen-bond donors (Lipinski definition) is 1. The molecule has 2 atom stereocenters. The van der Waals surface area contributed by atoms with Crippen molar-refractivity contribution in [3.05, 3.63) is 35.9 Å². The van der Waals surface area contributed by atoms with Crippen molar-refractivity contribution in [2.45, 2.75) is 25.9 Å². The Morgan fingerprint density at radius 3 is 2.58 bits per heavy atom. The lowest BCUT2D eigenvalue weighted by Crippen LogP contribution is -2.16. The molecule has 0 radical (unpaired) electrons. The van der Waals surface area contributed by atoms with Gasteiger partial charge in [0, 0.05) is 12.6 Å². The monoisotopic (exact) mass is 161 g/mol. The summed E-state index contributed by atoms with van der Waals surface area (Å²) in [7, 11) is 0. The Kier molecular flexibility index (Phi) is 2.13. The molecule has 1 aromatic rings. The van der Waals surface area contributed by atoms with Crippen molar-refractivity contribution in [2.24, 2.45) is 5.92 Å². The smallest absolute Gasteiger partial charge is 0.0208 e. The van der Waals surface area contributed by atoms with E-state index in [9.17, 15) is 0 Å². The van der Waals surface area contributed by atoms with Crippen LogP contribution in [0, 0.1) is 5.92 Å². The van der Waals surface area contributed by atoms with Gasteiger partial charge in [0.15, 0.2) is 0 Å². The quantitative estimate of drug-likeness (QED) is 0.716. The van der Waals surface area contributed by atoms with E-state index in [1.54, 1.807) is 0 Å². The third-order valence-corrected chi connectivity index (χ3v) is 2.52. The van der Waals surface area contributed by atoms with Gasteiger partial charge in [-0.05, 0) is 17.9 Å². The molecule has 1 aromatic carbocycles. The summed E-state index contributed by atoms with van der Waals surface area (Å²) in [6, 6.07) is 11.4. The van der Waals surface area contributed by atoms with Gasteiger partial charge in [-0.2, -0.15) is 0 Å². The molecule has 0 saturated heterocycles. The fourth-order valence-electron chi connectivity index (χ4n) is 1.45. The molecular formula is C11H15N. The Balaban J connectivity index is 1.80. The minimum Gasteiger partial charge on any atom is -0.310 e. The van der Waals surface area contributed by atoms with Crippen LogP contribution in [0.5, 0.6) is 0 Å². The van der Waals surface area contributed by atoms with E-state index < -0.39 is 0 Å². The Morgan fingerprint density at radius 1 is 1.33 bits per heavy atom. The van der Waals surface area contributed by atoms with Gasteiger partial charge in [-0.3, -0.25) is 0 Å². The van der Waals surface area contributed by atoms with Crippen molar-refractivity contribution in [1.82, 2.24) is 5.32 Å². The first-order chi connectivity index (χ1) is 5.86. The minimum absolute atomic E-state index is 0.783. The maximum atomic E-state index is 3.52.